The van der Waals surface area contributed by atoms with Crippen molar-refractivity contribution in [3.8, 4) is 16.9 Å². The number of benzene rings is 2. The third-order valence-corrected chi connectivity index (χ3v) is 9.25. The maximum Gasteiger partial charge on any atom is 0.245 e. The highest BCUT2D eigenvalue weighted by molar-refractivity contribution is 5.93. The molecule has 0 unspecified atom stereocenters. The number of imidazole rings is 1. The Morgan fingerprint density at radius 3 is 2.74 bits per heavy atom. The number of hydrogen-bond acceptors (Lipinski definition) is 10. The van der Waals surface area contributed by atoms with Gasteiger partial charge in [-0.15, -0.1) is 0 Å². The monoisotopic (exact) mass is 680 g/mol. The van der Waals surface area contributed by atoms with Crippen LogP contribution in [0.25, 0.3) is 39.0 Å². The van der Waals surface area contributed by atoms with Crippen LogP contribution in [0, 0.1) is 11.6 Å². The Morgan fingerprint density at radius 1 is 1.00 bits per heavy atom. The summed E-state index contributed by atoms with van der Waals surface area (Å²) in [4.78, 5) is 36.8. The zero-order valence-electron chi connectivity index (χ0n) is 27.4. The standard InChI is InChI=1S/C35H34F2N10O3/c1-44-17-23(50-12-11-49-2)18-45-20-40-28-7-3-5-24(32(28)45)27-6-4-8-31(43-27)42-22-14-30(35(44)48)46(16-22)33-25-15-41-47(34(25)39-19-38-33)29-10-9-21(36)13-26(29)37/h3-10,13,15,19-20,22-23,30H,11-12,14,16-18H2,1-2H3,(H,42,43)/t22-,23+,30-/m0/s1. The number of likely N-dealkylation sites (N-methyl/N-ethyl adjacent to an activating group) is 1. The summed E-state index contributed by atoms with van der Waals surface area (Å²) < 4.78 is 43.5. The van der Waals surface area contributed by atoms with Gasteiger partial charge in [0, 0.05) is 44.9 Å². The van der Waals surface area contributed by atoms with Gasteiger partial charge in [-0.1, -0.05) is 18.2 Å². The molecule has 2 aliphatic rings. The van der Waals surface area contributed by atoms with E-state index in [0.29, 0.717) is 61.9 Å². The molecule has 50 heavy (non-hydrogen) atoms. The molecule has 2 aliphatic heterocycles. The Morgan fingerprint density at radius 2 is 1.88 bits per heavy atom. The quantitative estimate of drug-likeness (QED) is 0.257. The SMILES string of the molecule is COCCO[C@@H]1CN(C)C(=O)[C@@H]2C[C@@H](CN2c2ncnc3c2cnn3-c2ccc(F)cc2F)Nc2cccc(n2)-c2cccc3ncn(c23)C1. The molecule has 1 amide bonds. The number of hydrogen-bond donors (Lipinski definition) is 1. The first-order valence-electron chi connectivity index (χ1n) is 16.3. The molecule has 0 saturated carbocycles. The van der Waals surface area contributed by atoms with Crippen molar-refractivity contribution in [2.75, 3.05) is 50.7 Å². The number of ether oxygens (including phenoxy) is 2. The van der Waals surface area contributed by atoms with Crippen molar-refractivity contribution in [1.29, 1.82) is 0 Å². The van der Waals surface area contributed by atoms with Crippen molar-refractivity contribution in [2.24, 2.45) is 0 Å². The van der Waals surface area contributed by atoms with E-state index < -0.39 is 17.7 Å². The minimum Gasteiger partial charge on any atom is -0.382 e. The van der Waals surface area contributed by atoms with Crippen LogP contribution in [0.4, 0.5) is 20.4 Å². The fourth-order valence-corrected chi connectivity index (χ4v) is 6.98. The summed E-state index contributed by atoms with van der Waals surface area (Å²) in [5, 5.41) is 8.48. The van der Waals surface area contributed by atoms with Gasteiger partial charge in [0.25, 0.3) is 0 Å². The molecular formula is C35H34F2N10O3. The second-order valence-corrected chi connectivity index (χ2v) is 12.5. The number of rotatable bonds is 6. The first-order chi connectivity index (χ1) is 24.4. The average Bonchev–Trinajstić information content (AvgIpc) is 3.85. The molecule has 1 N–H and O–H groups in total. The highest BCUT2D eigenvalue weighted by Gasteiger charge is 2.41. The minimum absolute atomic E-state index is 0.0445. The number of nitrogens with one attached hydrogen (secondary N) is 1. The van der Waals surface area contributed by atoms with Gasteiger partial charge in [0.2, 0.25) is 5.91 Å². The summed E-state index contributed by atoms with van der Waals surface area (Å²) in [7, 11) is 3.40. The molecule has 8 rings (SSSR count). The van der Waals surface area contributed by atoms with Crippen LogP contribution in [-0.4, -0.2) is 104 Å². The lowest BCUT2D eigenvalue weighted by atomic mass is 10.1. The van der Waals surface area contributed by atoms with Crippen molar-refractivity contribution >= 4 is 39.6 Å². The van der Waals surface area contributed by atoms with Gasteiger partial charge in [-0.05, 0) is 36.8 Å². The maximum absolute atomic E-state index is 14.8. The molecule has 1 saturated heterocycles. The third-order valence-electron chi connectivity index (χ3n) is 9.25. The smallest absolute Gasteiger partial charge is 0.245 e. The van der Waals surface area contributed by atoms with Gasteiger partial charge in [0.15, 0.2) is 11.5 Å². The molecule has 1 fully saturated rings. The fraction of sp³-hybridized carbons (Fsp3) is 0.314. The molecule has 0 radical (unpaired) electrons. The van der Waals surface area contributed by atoms with E-state index in [-0.39, 0.29) is 23.7 Å². The van der Waals surface area contributed by atoms with Crippen LogP contribution in [0.1, 0.15) is 6.42 Å². The molecule has 6 heterocycles. The number of amides is 1. The number of carbonyl (C=O) groups excluding carboxylic acids is 1. The van der Waals surface area contributed by atoms with Crippen LogP contribution in [0.2, 0.25) is 0 Å². The van der Waals surface area contributed by atoms with E-state index in [0.717, 1.165) is 34.4 Å². The van der Waals surface area contributed by atoms with E-state index in [1.165, 1.54) is 17.1 Å². The van der Waals surface area contributed by atoms with E-state index in [1.54, 1.807) is 31.6 Å². The van der Waals surface area contributed by atoms with Crippen molar-refractivity contribution < 1.29 is 23.0 Å². The molecular weight excluding hydrogens is 646 g/mol. The zero-order valence-corrected chi connectivity index (χ0v) is 27.4. The number of pyridine rings is 1. The molecule has 6 aromatic rings. The second kappa shape index (κ2) is 13.1. The summed E-state index contributed by atoms with van der Waals surface area (Å²) >= 11 is 0. The lowest BCUT2D eigenvalue weighted by molar-refractivity contribution is -0.133. The lowest BCUT2D eigenvalue weighted by Gasteiger charge is -2.31. The summed E-state index contributed by atoms with van der Waals surface area (Å²) in [6.45, 7) is 1.92. The number of para-hydroxylation sites is 1. The summed E-state index contributed by atoms with van der Waals surface area (Å²) in [6.07, 6.45) is 4.77. The van der Waals surface area contributed by atoms with Crippen molar-refractivity contribution in [3.63, 3.8) is 0 Å². The van der Waals surface area contributed by atoms with Crippen LogP contribution >= 0.6 is 0 Å². The highest BCUT2D eigenvalue weighted by atomic mass is 19.1. The van der Waals surface area contributed by atoms with E-state index in [2.05, 4.69) is 29.9 Å². The largest absolute Gasteiger partial charge is 0.382 e. The second-order valence-electron chi connectivity index (χ2n) is 12.5. The van der Waals surface area contributed by atoms with Gasteiger partial charge >= 0.3 is 0 Å². The van der Waals surface area contributed by atoms with E-state index in [1.807, 2.05) is 41.3 Å². The topological polar surface area (TPSA) is 128 Å². The van der Waals surface area contributed by atoms with Gasteiger partial charge in [-0.25, -0.2) is 33.4 Å². The van der Waals surface area contributed by atoms with Crippen molar-refractivity contribution in [2.45, 2.75) is 31.2 Å². The molecule has 4 bridgehead atoms. The Hall–Kier alpha value is -5.54. The third kappa shape index (κ3) is 5.77. The van der Waals surface area contributed by atoms with Gasteiger partial charge < -0.3 is 29.2 Å². The van der Waals surface area contributed by atoms with Crippen molar-refractivity contribution in [3.05, 3.63) is 85.1 Å². The Bertz CT molecular complexity index is 2210. The van der Waals surface area contributed by atoms with E-state index >= 15 is 0 Å². The predicted octanol–water partition coefficient (Wildman–Crippen LogP) is 4.07. The summed E-state index contributed by atoms with van der Waals surface area (Å²) in [6, 6.07) is 14.3. The normalized spacial score (nSPS) is 19.5. The number of nitrogens with zero attached hydrogens (tertiary/aromatic N) is 9. The van der Waals surface area contributed by atoms with Gasteiger partial charge in [0.05, 0.1) is 60.5 Å². The van der Waals surface area contributed by atoms with Gasteiger partial charge in [-0.2, -0.15) is 5.10 Å². The Labute approximate surface area is 285 Å². The van der Waals surface area contributed by atoms with Gasteiger partial charge in [-0.3, -0.25) is 4.79 Å². The maximum atomic E-state index is 14.8. The van der Waals surface area contributed by atoms with Crippen LogP contribution in [0.3, 0.4) is 0 Å². The molecule has 2 aromatic carbocycles. The van der Waals surface area contributed by atoms with E-state index in [4.69, 9.17) is 14.5 Å². The molecule has 3 atom stereocenters. The molecule has 13 nitrogen and oxygen atoms in total. The van der Waals surface area contributed by atoms with E-state index in [9.17, 15) is 13.6 Å². The van der Waals surface area contributed by atoms with Crippen LogP contribution in [0.5, 0.6) is 0 Å². The number of anilines is 2. The number of carbonyl (C=O) groups is 1. The minimum atomic E-state index is -0.778. The lowest BCUT2D eigenvalue weighted by Crippen LogP contribution is -2.47. The first-order valence-corrected chi connectivity index (χ1v) is 16.3. The fourth-order valence-electron chi connectivity index (χ4n) is 6.98. The molecule has 256 valence electrons. The summed E-state index contributed by atoms with van der Waals surface area (Å²) in [5.74, 6) is -0.449. The number of methoxy groups -OCH3 is 1. The number of aromatic nitrogens is 7. The van der Waals surface area contributed by atoms with Crippen LogP contribution in [-0.2, 0) is 20.8 Å². The summed E-state index contributed by atoms with van der Waals surface area (Å²) in [5.41, 5.74) is 3.85. The molecule has 0 aliphatic carbocycles. The van der Waals surface area contributed by atoms with Crippen LogP contribution < -0.4 is 10.2 Å². The highest BCUT2D eigenvalue weighted by Crippen LogP contribution is 2.34. The number of fused-ring (bicyclic) bond motifs is 6. The first kappa shape index (κ1) is 31.7. The number of halogens is 2. The van der Waals surface area contributed by atoms with Gasteiger partial charge in [0.1, 0.15) is 35.5 Å². The van der Waals surface area contributed by atoms with Crippen molar-refractivity contribution in [1.82, 2.24) is 39.2 Å². The zero-order chi connectivity index (χ0) is 34.4. The van der Waals surface area contributed by atoms with Crippen LogP contribution in [0.15, 0.2) is 73.4 Å². The Balaban J connectivity index is 1.20. The Kier molecular flexibility index (Phi) is 8.28. The molecule has 15 heteroatoms. The predicted molar refractivity (Wildman–Crippen MR) is 182 cm³/mol. The molecule has 0 spiro atoms. The molecule has 4 aromatic heterocycles. The average molecular weight is 681 g/mol.